The molecule has 0 radical (unpaired) electrons. The first kappa shape index (κ1) is 20.0. The lowest BCUT2D eigenvalue weighted by Crippen LogP contribution is -2.55. The van der Waals surface area contributed by atoms with Gasteiger partial charge in [0.15, 0.2) is 5.96 Å². The molecule has 0 aromatic heterocycles. The summed E-state index contributed by atoms with van der Waals surface area (Å²) in [5, 5.41) is 8.65. The van der Waals surface area contributed by atoms with E-state index < -0.39 is 5.54 Å². The highest BCUT2D eigenvalue weighted by Gasteiger charge is 2.48. The quantitative estimate of drug-likeness (QED) is 0.398. The van der Waals surface area contributed by atoms with Crippen molar-refractivity contribution in [1.29, 1.82) is 0 Å². The number of carbonyl (C=O) groups excluding carboxylic acids is 2. The Kier molecular flexibility index (Phi) is 6.27. The van der Waals surface area contributed by atoms with Gasteiger partial charge in [-0.25, -0.2) is 4.79 Å². The van der Waals surface area contributed by atoms with E-state index in [-0.39, 0.29) is 17.9 Å². The van der Waals surface area contributed by atoms with Crippen LogP contribution in [0.15, 0.2) is 4.99 Å². The van der Waals surface area contributed by atoms with Crippen molar-refractivity contribution in [2.45, 2.75) is 64.8 Å². The number of guanidine groups is 1. The summed E-state index contributed by atoms with van der Waals surface area (Å²) >= 11 is 0. The normalized spacial score (nSPS) is 33.0. The Balaban J connectivity index is 1.59. The van der Waals surface area contributed by atoms with Crippen molar-refractivity contribution in [3.63, 3.8) is 0 Å². The van der Waals surface area contributed by atoms with E-state index in [2.05, 4.69) is 34.7 Å². The van der Waals surface area contributed by atoms with Crippen molar-refractivity contribution in [2.75, 3.05) is 26.2 Å². The summed E-state index contributed by atoms with van der Waals surface area (Å²) in [5.41, 5.74) is -0.782. The van der Waals surface area contributed by atoms with E-state index in [1.54, 1.807) is 0 Å². The molecule has 0 aromatic carbocycles. The van der Waals surface area contributed by atoms with Crippen LogP contribution in [0, 0.1) is 17.8 Å². The maximum Gasteiger partial charge on any atom is 0.322 e. The molecule has 2 heterocycles. The summed E-state index contributed by atoms with van der Waals surface area (Å²) in [6, 6.07) is -0.374. The maximum atomic E-state index is 12.2. The van der Waals surface area contributed by atoms with Crippen molar-refractivity contribution in [2.24, 2.45) is 22.7 Å². The van der Waals surface area contributed by atoms with Crippen molar-refractivity contribution >= 4 is 17.9 Å². The number of nitrogens with zero attached hydrogens (tertiary/aromatic N) is 2. The molecule has 3 aliphatic rings. The number of carbonyl (C=O) groups is 2. The highest BCUT2D eigenvalue weighted by atomic mass is 16.2. The van der Waals surface area contributed by atoms with Crippen LogP contribution < -0.4 is 16.0 Å². The number of amides is 3. The molecule has 27 heavy (non-hydrogen) atoms. The first-order valence-corrected chi connectivity index (χ1v) is 10.6. The second-order valence-electron chi connectivity index (χ2n) is 8.59. The summed E-state index contributed by atoms with van der Waals surface area (Å²) in [7, 11) is 0. The van der Waals surface area contributed by atoms with Crippen LogP contribution in [0.4, 0.5) is 4.79 Å². The van der Waals surface area contributed by atoms with Gasteiger partial charge in [0.1, 0.15) is 5.54 Å². The molecule has 0 aromatic rings. The molecule has 7 nitrogen and oxygen atoms in total. The fraction of sp³-hybridized carbons (Fsp3) is 0.850. The summed E-state index contributed by atoms with van der Waals surface area (Å²) in [6.07, 6.45) is 7.05. The van der Waals surface area contributed by atoms with Gasteiger partial charge in [-0.1, -0.05) is 26.2 Å². The Bertz CT molecular complexity index is 585. The van der Waals surface area contributed by atoms with Gasteiger partial charge in [-0.2, -0.15) is 0 Å². The van der Waals surface area contributed by atoms with E-state index in [9.17, 15) is 9.59 Å². The maximum absolute atomic E-state index is 12.2. The van der Waals surface area contributed by atoms with Gasteiger partial charge in [-0.3, -0.25) is 15.1 Å². The molecule has 152 valence electrons. The molecule has 1 aliphatic carbocycles. The number of hydrogen-bond donors (Lipinski definition) is 3. The average molecular weight is 378 g/mol. The largest absolute Gasteiger partial charge is 0.357 e. The first-order valence-electron chi connectivity index (χ1n) is 10.6. The highest BCUT2D eigenvalue weighted by Crippen LogP contribution is 2.31. The Morgan fingerprint density at radius 2 is 1.93 bits per heavy atom. The number of likely N-dealkylation sites (tertiary alicyclic amines) is 1. The van der Waals surface area contributed by atoms with Gasteiger partial charge in [-0.15, -0.1) is 0 Å². The van der Waals surface area contributed by atoms with Gasteiger partial charge in [0.25, 0.3) is 5.91 Å². The van der Waals surface area contributed by atoms with Gasteiger partial charge in [-0.05, 0) is 50.9 Å². The molecule has 3 atom stereocenters. The van der Waals surface area contributed by atoms with Crippen LogP contribution in [-0.4, -0.2) is 54.5 Å². The minimum Gasteiger partial charge on any atom is -0.357 e. The number of aliphatic imine (C=N–C) groups is 1. The highest BCUT2D eigenvalue weighted by molar-refractivity contribution is 6.07. The van der Waals surface area contributed by atoms with Gasteiger partial charge in [0.2, 0.25) is 0 Å². The zero-order valence-electron chi connectivity index (χ0n) is 17.0. The zero-order valence-corrected chi connectivity index (χ0v) is 17.0. The molecule has 3 unspecified atom stereocenters. The molecule has 7 heteroatoms. The summed E-state index contributed by atoms with van der Waals surface area (Å²) in [6.45, 7) is 9.78. The van der Waals surface area contributed by atoms with Crippen molar-refractivity contribution in [3.05, 3.63) is 0 Å². The Hall–Kier alpha value is -1.79. The second kappa shape index (κ2) is 8.48. The van der Waals surface area contributed by atoms with Crippen LogP contribution >= 0.6 is 0 Å². The summed E-state index contributed by atoms with van der Waals surface area (Å²) in [4.78, 5) is 31.0. The topological polar surface area (TPSA) is 85.8 Å². The van der Waals surface area contributed by atoms with E-state index in [0.717, 1.165) is 50.9 Å². The minimum absolute atomic E-state index is 0.154. The third-order valence-corrected chi connectivity index (χ3v) is 6.78. The number of imide groups is 1. The van der Waals surface area contributed by atoms with Gasteiger partial charge in [0.05, 0.1) is 0 Å². The Labute approximate surface area is 162 Å². The molecule has 1 saturated carbocycles. The second-order valence-corrected chi connectivity index (χ2v) is 8.59. The fourth-order valence-corrected chi connectivity index (χ4v) is 4.81. The van der Waals surface area contributed by atoms with E-state index in [1.165, 1.54) is 25.7 Å². The molecule has 3 fully saturated rings. The smallest absolute Gasteiger partial charge is 0.322 e. The van der Waals surface area contributed by atoms with Crippen LogP contribution in [0.3, 0.4) is 0 Å². The summed E-state index contributed by atoms with van der Waals surface area (Å²) in [5.74, 6) is 2.42. The number of rotatable bonds is 4. The predicted octanol–water partition coefficient (Wildman–Crippen LogP) is 2.09. The first-order chi connectivity index (χ1) is 12.9. The van der Waals surface area contributed by atoms with Gasteiger partial charge in [0, 0.05) is 26.2 Å². The third kappa shape index (κ3) is 4.38. The standard InChI is InChI=1S/C20H35N5O2/c1-4-21-18(22-13-15-8-6-5-7-14(15)2)25-11-9-16(10-12-25)20(3)17(26)23-19(27)24-20/h14-16H,4-13H2,1-3H3,(H,21,22)(H2,23,24,26,27). The van der Waals surface area contributed by atoms with E-state index in [4.69, 9.17) is 4.99 Å². The molecule has 0 spiro atoms. The van der Waals surface area contributed by atoms with E-state index in [1.807, 2.05) is 6.92 Å². The van der Waals surface area contributed by atoms with Crippen molar-refractivity contribution in [1.82, 2.24) is 20.9 Å². The number of urea groups is 1. The van der Waals surface area contributed by atoms with Crippen molar-refractivity contribution in [3.8, 4) is 0 Å². The molecule has 2 aliphatic heterocycles. The monoisotopic (exact) mass is 377 g/mol. The SMILES string of the molecule is CCNC(=NCC1CCCCC1C)N1CCC(C2(C)NC(=O)NC2=O)CC1. The lowest BCUT2D eigenvalue weighted by molar-refractivity contribution is -0.125. The van der Waals surface area contributed by atoms with Gasteiger partial charge >= 0.3 is 6.03 Å². The molecule has 0 bridgehead atoms. The van der Waals surface area contributed by atoms with Crippen LogP contribution in [0.1, 0.15) is 59.3 Å². The average Bonchev–Trinajstić information content (AvgIpc) is 2.93. The fourth-order valence-electron chi connectivity index (χ4n) is 4.81. The summed E-state index contributed by atoms with van der Waals surface area (Å²) < 4.78 is 0. The molecular weight excluding hydrogens is 342 g/mol. The van der Waals surface area contributed by atoms with Crippen molar-refractivity contribution < 1.29 is 9.59 Å². The number of hydrogen-bond acceptors (Lipinski definition) is 3. The molecule has 3 N–H and O–H groups in total. The molecular formula is C20H35N5O2. The lowest BCUT2D eigenvalue weighted by atomic mass is 9.79. The third-order valence-electron chi connectivity index (χ3n) is 6.78. The van der Waals surface area contributed by atoms with Crippen LogP contribution in [0.5, 0.6) is 0 Å². The van der Waals surface area contributed by atoms with Gasteiger partial charge < -0.3 is 15.5 Å². The number of nitrogens with one attached hydrogen (secondary N) is 3. The van der Waals surface area contributed by atoms with E-state index in [0.29, 0.717) is 5.92 Å². The lowest BCUT2D eigenvalue weighted by Gasteiger charge is -2.40. The zero-order chi connectivity index (χ0) is 19.4. The minimum atomic E-state index is -0.782. The Morgan fingerprint density at radius 1 is 1.22 bits per heavy atom. The van der Waals surface area contributed by atoms with Crippen LogP contribution in [0.25, 0.3) is 0 Å². The molecule has 2 saturated heterocycles. The van der Waals surface area contributed by atoms with E-state index >= 15 is 0 Å². The predicted molar refractivity (Wildman–Crippen MR) is 106 cm³/mol. The molecule has 3 rings (SSSR count). The number of piperidine rings is 1. The molecule has 3 amide bonds. The van der Waals surface area contributed by atoms with Crippen LogP contribution in [0.2, 0.25) is 0 Å². The Morgan fingerprint density at radius 3 is 2.52 bits per heavy atom. The van der Waals surface area contributed by atoms with Crippen LogP contribution in [-0.2, 0) is 4.79 Å².